The second-order valence-electron chi connectivity index (χ2n) is 4.24. The van der Waals surface area contributed by atoms with Gasteiger partial charge in [-0.05, 0) is 38.1 Å². The summed E-state index contributed by atoms with van der Waals surface area (Å²) < 4.78 is 1.92. The normalized spacial score (nSPS) is 11.0. The highest BCUT2D eigenvalue weighted by atomic mass is 32.1. The van der Waals surface area contributed by atoms with Gasteiger partial charge in [0.05, 0.1) is 4.88 Å². The van der Waals surface area contributed by atoms with E-state index in [1.54, 1.807) is 0 Å². The maximum Gasteiger partial charge on any atom is 0.103 e. The van der Waals surface area contributed by atoms with Crippen LogP contribution >= 0.6 is 11.3 Å². The van der Waals surface area contributed by atoms with Crippen molar-refractivity contribution in [1.29, 1.82) is 0 Å². The Hall–Kier alpha value is -1.13. The lowest BCUT2D eigenvalue weighted by molar-refractivity contribution is 0.681. The van der Waals surface area contributed by atoms with Crippen LogP contribution < -0.4 is 5.32 Å². The van der Waals surface area contributed by atoms with Gasteiger partial charge in [-0.25, -0.2) is 0 Å². The number of rotatable bonds is 5. The lowest BCUT2D eigenvalue weighted by Crippen LogP contribution is -2.12. The van der Waals surface area contributed by atoms with Crippen LogP contribution in [0.4, 0.5) is 0 Å². The van der Waals surface area contributed by atoms with Crippen LogP contribution in [-0.4, -0.2) is 16.3 Å². The molecule has 0 bridgehead atoms. The quantitative estimate of drug-likeness (QED) is 0.826. The van der Waals surface area contributed by atoms with Gasteiger partial charge in [-0.3, -0.25) is 4.68 Å². The van der Waals surface area contributed by atoms with Crippen molar-refractivity contribution >= 4 is 11.3 Å². The summed E-state index contributed by atoms with van der Waals surface area (Å²) in [5, 5.41) is 7.91. The Morgan fingerprint density at radius 2 is 2.24 bits per heavy atom. The number of hydrogen-bond acceptors (Lipinski definition) is 3. The van der Waals surface area contributed by atoms with Crippen molar-refractivity contribution in [3.63, 3.8) is 0 Å². The Bertz CT molecular complexity index is 465. The molecule has 0 aliphatic rings. The molecule has 2 aromatic rings. The van der Waals surface area contributed by atoms with E-state index in [4.69, 9.17) is 0 Å². The lowest BCUT2D eigenvalue weighted by atomic mass is 10.3. The number of aromatic nitrogens is 2. The van der Waals surface area contributed by atoms with Crippen molar-refractivity contribution in [2.45, 2.75) is 26.8 Å². The van der Waals surface area contributed by atoms with E-state index in [2.05, 4.69) is 42.5 Å². The molecule has 0 spiro atoms. The minimum Gasteiger partial charge on any atom is -0.312 e. The molecule has 0 amide bonds. The Labute approximate surface area is 106 Å². The minimum absolute atomic E-state index is 0.963. The number of nitrogens with one attached hydrogen (secondary N) is 1. The first-order chi connectivity index (χ1) is 8.20. The number of hydrogen-bond donors (Lipinski definition) is 1. The third kappa shape index (κ3) is 2.96. The molecule has 92 valence electrons. The van der Waals surface area contributed by atoms with Gasteiger partial charge in [0.2, 0.25) is 0 Å². The van der Waals surface area contributed by atoms with E-state index in [1.165, 1.54) is 21.9 Å². The van der Waals surface area contributed by atoms with E-state index in [-0.39, 0.29) is 0 Å². The van der Waals surface area contributed by atoms with Crippen molar-refractivity contribution in [3.05, 3.63) is 28.8 Å². The molecule has 0 saturated carbocycles. The molecule has 17 heavy (non-hydrogen) atoms. The second kappa shape index (κ2) is 5.47. The van der Waals surface area contributed by atoms with Crippen LogP contribution in [-0.2, 0) is 13.6 Å². The van der Waals surface area contributed by atoms with Gasteiger partial charge in [-0.2, -0.15) is 5.10 Å². The Morgan fingerprint density at radius 3 is 2.88 bits per heavy atom. The van der Waals surface area contributed by atoms with Crippen LogP contribution in [0.1, 0.15) is 23.9 Å². The summed E-state index contributed by atoms with van der Waals surface area (Å²) >= 11 is 1.82. The molecule has 0 atom stereocenters. The molecule has 0 fully saturated rings. The SMILES string of the molecule is CCCNCc1ccc(-c2cc(C)n(C)n2)s1. The summed E-state index contributed by atoms with van der Waals surface area (Å²) in [4.78, 5) is 2.62. The molecule has 0 unspecified atom stereocenters. The third-order valence-electron chi connectivity index (χ3n) is 2.75. The molecule has 2 rings (SSSR count). The van der Waals surface area contributed by atoms with Gasteiger partial charge in [-0.1, -0.05) is 6.92 Å². The first-order valence-corrected chi connectivity index (χ1v) is 6.82. The first kappa shape index (κ1) is 12.3. The van der Waals surface area contributed by atoms with Gasteiger partial charge in [0, 0.05) is 24.2 Å². The minimum atomic E-state index is 0.963. The highest BCUT2D eigenvalue weighted by Gasteiger charge is 2.07. The molecule has 0 aliphatic heterocycles. The van der Waals surface area contributed by atoms with Gasteiger partial charge in [0.25, 0.3) is 0 Å². The van der Waals surface area contributed by atoms with Crippen LogP contribution in [0, 0.1) is 6.92 Å². The van der Waals surface area contributed by atoms with Crippen LogP contribution in [0.5, 0.6) is 0 Å². The van der Waals surface area contributed by atoms with Gasteiger partial charge < -0.3 is 5.32 Å². The summed E-state index contributed by atoms with van der Waals surface area (Å²) in [6, 6.07) is 6.48. The monoisotopic (exact) mass is 249 g/mol. The van der Waals surface area contributed by atoms with E-state index in [9.17, 15) is 0 Å². The number of nitrogens with zero attached hydrogens (tertiary/aromatic N) is 2. The van der Waals surface area contributed by atoms with Crippen molar-refractivity contribution in [3.8, 4) is 10.6 Å². The molecular weight excluding hydrogens is 230 g/mol. The Kier molecular flexibility index (Phi) is 3.97. The predicted octanol–water partition coefficient (Wildman–Crippen LogP) is 2.96. The van der Waals surface area contributed by atoms with Crippen LogP contribution in [0.3, 0.4) is 0 Å². The molecule has 0 radical (unpaired) electrons. The van der Waals surface area contributed by atoms with E-state index in [0.717, 1.165) is 18.8 Å². The molecule has 0 saturated heterocycles. The highest BCUT2D eigenvalue weighted by molar-refractivity contribution is 7.15. The molecule has 0 aliphatic carbocycles. The lowest BCUT2D eigenvalue weighted by Gasteiger charge is -1.98. The number of thiophene rings is 1. The summed E-state index contributed by atoms with van der Waals surface area (Å²) in [5.74, 6) is 0. The van der Waals surface area contributed by atoms with Crippen LogP contribution in [0.2, 0.25) is 0 Å². The first-order valence-electron chi connectivity index (χ1n) is 6.01. The van der Waals surface area contributed by atoms with Crippen LogP contribution in [0.25, 0.3) is 10.6 Å². The van der Waals surface area contributed by atoms with E-state index in [1.807, 2.05) is 23.1 Å². The fourth-order valence-electron chi connectivity index (χ4n) is 1.68. The van der Waals surface area contributed by atoms with E-state index >= 15 is 0 Å². The summed E-state index contributed by atoms with van der Waals surface area (Å²) in [7, 11) is 1.98. The molecule has 4 heteroatoms. The summed E-state index contributed by atoms with van der Waals surface area (Å²) in [6.07, 6.45) is 1.18. The number of aryl methyl sites for hydroxylation is 2. The van der Waals surface area contributed by atoms with Gasteiger partial charge in [0.15, 0.2) is 0 Å². The zero-order valence-electron chi connectivity index (χ0n) is 10.7. The molecule has 0 aromatic carbocycles. The molecule has 3 nitrogen and oxygen atoms in total. The van der Waals surface area contributed by atoms with E-state index < -0.39 is 0 Å². The van der Waals surface area contributed by atoms with Crippen molar-refractivity contribution in [2.24, 2.45) is 7.05 Å². The zero-order valence-corrected chi connectivity index (χ0v) is 11.5. The van der Waals surface area contributed by atoms with Gasteiger partial charge in [0.1, 0.15) is 5.69 Å². The average molecular weight is 249 g/mol. The van der Waals surface area contributed by atoms with Crippen molar-refractivity contribution in [2.75, 3.05) is 6.54 Å². The smallest absolute Gasteiger partial charge is 0.103 e. The molecule has 2 heterocycles. The largest absolute Gasteiger partial charge is 0.312 e. The van der Waals surface area contributed by atoms with Crippen molar-refractivity contribution < 1.29 is 0 Å². The van der Waals surface area contributed by atoms with E-state index in [0.29, 0.717) is 0 Å². The van der Waals surface area contributed by atoms with Crippen molar-refractivity contribution in [1.82, 2.24) is 15.1 Å². The van der Waals surface area contributed by atoms with Crippen LogP contribution in [0.15, 0.2) is 18.2 Å². The average Bonchev–Trinajstić information content (AvgIpc) is 2.88. The maximum atomic E-state index is 4.50. The standard InChI is InChI=1S/C13H19N3S/c1-4-7-14-9-11-5-6-13(17-11)12-8-10(2)16(3)15-12/h5-6,8,14H,4,7,9H2,1-3H3. The second-order valence-corrected chi connectivity index (χ2v) is 5.41. The topological polar surface area (TPSA) is 29.9 Å². The fraction of sp³-hybridized carbons (Fsp3) is 0.462. The summed E-state index contributed by atoms with van der Waals surface area (Å²) in [5.41, 5.74) is 2.27. The predicted molar refractivity (Wildman–Crippen MR) is 73.3 cm³/mol. The Balaban J connectivity index is 2.07. The van der Waals surface area contributed by atoms with Gasteiger partial charge in [-0.15, -0.1) is 11.3 Å². The molecular formula is C13H19N3S. The fourth-order valence-corrected chi connectivity index (χ4v) is 2.61. The molecule has 1 N–H and O–H groups in total. The van der Waals surface area contributed by atoms with Gasteiger partial charge >= 0.3 is 0 Å². The highest BCUT2D eigenvalue weighted by Crippen LogP contribution is 2.27. The third-order valence-corrected chi connectivity index (χ3v) is 3.86. The maximum absolute atomic E-state index is 4.50. The molecule has 2 aromatic heterocycles. The zero-order chi connectivity index (χ0) is 12.3. The summed E-state index contributed by atoms with van der Waals surface area (Å²) in [6.45, 7) is 6.30. The Morgan fingerprint density at radius 1 is 1.41 bits per heavy atom.